The number of amides is 2. The molecule has 144 valence electrons. The summed E-state index contributed by atoms with van der Waals surface area (Å²) in [5, 5.41) is 7.22. The molecule has 5 nitrogen and oxygen atoms in total. The SMILES string of the molecule is COc1ccc(C(=O)N(CC(=O)Nc2cccc(Cl)c2)Cc2ccsc2)cc1. The zero-order valence-corrected chi connectivity index (χ0v) is 16.8. The van der Waals surface area contributed by atoms with Gasteiger partial charge in [0.05, 0.1) is 7.11 Å². The first-order valence-electron chi connectivity index (χ1n) is 8.55. The number of methoxy groups -OCH3 is 1. The van der Waals surface area contributed by atoms with Gasteiger partial charge in [-0.1, -0.05) is 17.7 Å². The van der Waals surface area contributed by atoms with Crippen LogP contribution in [0, 0.1) is 0 Å². The Bertz CT molecular complexity index is 943. The quantitative estimate of drug-likeness (QED) is 0.610. The predicted molar refractivity (Wildman–Crippen MR) is 112 cm³/mol. The molecule has 3 aromatic rings. The zero-order chi connectivity index (χ0) is 19.9. The van der Waals surface area contributed by atoms with Crippen molar-refractivity contribution in [2.75, 3.05) is 19.0 Å². The smallest absolute Gasteiger partial charge is 0.254 e. The van der Waals surface area contributed by atoms with Crippen LogP contribution in [-0.4, -0.2) is 30.4 Å². The fourth-order valence-corrected chi connectivity index (χ4v) is 3.51. The van der Waals surface area contributed by atoms with Gasteiger partial charge >= 0.3 is 0 Å². The maximum atomic E-state index is 13.0. The van der Waals surface area contributed by atoms with Crippen LogP contribution < -0.4 is 10.1 Å². The maximum absolute atomic E-state index is 13.0. The van der Waals surface area contributed by atoms with Crippen molar-refractivity contribution in [3.05, 3.63) is 81.5 Å². The number of benzene rings is 2. The van der Waals surface area contributed by atoms with Crippen molar-refractivity contribution in [1.29, 1.82) is 0 Å². The number of hydrogen-bond donors (Lipinski definition) is 1. The lowest BCUT2D eigenvalue weighted by molar-refractivity contribution is -0.117. The second-order valence-electron chi connectivity index (χ2n) is 6.08. The Labute approximate surface area is 172 Å². The lowest BCUT2D eigenvalue weighted by atomic mass is 10.1. The fourth-order valence-electron chi connectivity index (χ4n) is 2.66. The van der Waals surface area contributed by atoms with Crippen LogP contribution in [0.4, 0.5) is 5.69 Å². The molecule has 3 rings (SSSR count). The topological polar surface area (TPSA) is 58.6 Å². The average Bonchev–Trinajstić information content (AvgIpc) is 3.20. The molecule has 7 heteroatoms. The van der Waals surface area contributed by atoms with Crippen molar-refractivity contribution >= 4 is 40.4 Å². The summed E-state index contributed by atoms with van der Waals surface area (Å²) in [4.78, 5) is 27.1. The molecule has 0 radical (unpaired) electrons. The molecule has 1 aromatic heterocycles. The molecule has 1 N–H and O–H groups in total. The molecule has 0 atom stereocenters. The van der Waals surface area contributed by atoms with Crippen molar-refractivity contribution in [3.8, 4) is 5.75 Å². The monoisotopic (exact) mass is 414 g/mol. The molecule has 0 spiro atoms. The highest BCUT2D eigenvalue weighted by molar-refractivity contribution is 7.07. The van der Waals surface area contributed by atoms with Crippen molar-refractivity contribution < 1.29 is 14.3 Å². The third-order valence-electron chi connectivity index (χ3n) is 4.02. The van der Waals surface area contributed by atoms with Gasteiger partial charge in [0.1, 0.15) is 12.3 Å². The molecule has 0 aliphatic heterocycles. The van der Waals surface area contributed by atoms with Crippen molar-refractivity contribution in [2.45, 2.75) is 6.54 Å². The zero-order valence-electron chi connectivity index (χ0n) is 15.2. The number of carbonyl (C=O) groups is 2. The van der Waals surface area contributed by atoms with Gasteiger partial charge in [0.15, 0.2) is 0 Å². The molecule has 0 saturated carbocycles. The Balaban J connectivity index is 1.75. The number of thiophene rings is 1. The fraction of sp³-hybridized carbons (Fsp3) is 0.143. The number of ether oxygens (including phenoxy) is 1. The van der Waals surface area contributed by atoms with E-state index < -0.39 is 0 Å². The Morgan fingerprint density at radius 1 is 1.14 bits per heavy atom. The third kappa shape index (κ3) is 5.34. The summed E-state index contributed by atoms with van der Waals surface area (Å²) in [5.41, 5.74) is 2.05. The van der Waals surface area contributed by atoms with Crippen LogP contribution in [0.5, 0.6) is 5.75 Å². The number of hydrogen-bond acceptors (Lipinski definition) is 4. The first kappa shape index (κ1) is 19.9. The highest BCUT2D eigenvalue weighted by atomic mass is 35.5. The van der Waals surface area contributed by atoms with E-state index in [-0.39, 0.29) is 18.4 Å². The summed E-state index contributed by atoms with van der Waals surface area (Å²) < 4.78 is 5.14. The number of nitrogens with zero attached hydrogens (tertiary/aromatic N) is 1. The molecule has 0 aliphatic rings. The van der Waals surface area contributed by atoms with E-state index in [1.54, 1.807) is 67.0 Å². The molecular weight excluding hydrogens is 396 g/mol. The number of rotatable bonds is 7. The highest BCUT2D eigenvalue weighted by Crippen LogP contribution is 2.17. The number of nitrogens with one attached hydrogen (secondary N) is 1. The van der Waals surface area contributed by atoms with Crippen LogP contribution in [-0.2, 0) is 11.3 Å². The van der Waals surface area contributed by atoms with Crippen LogP contribution >= 0.6 is 22.9 Å². The van der Waals surface area contributed by atoms with Gasteiger partial charge in [-0.15, -0.1) is 0 Å². The summed E-state index contributed by atoms with van der Waals surface area (Å²) in [6.45, 7) is 0.268. The molecule has 0 unspecified atom stereocenters. The van der Waals surface area contributed by atoms with Gasteiger partial charge in [-0.3, -0.25) is 9.59 Å². The average molecular weight is 415 g/mol. The Morgan fingerprint density at radius 2 is 1.93 bits per heavy atom. The largest absolute Gasteiger partial charge is 0.497 e. The van der Waals surface area contributed by atoms with E-state index >= 15 is 0 Å². The van der Waals surface area contributed by atoms with E-state index in [4.69, 9.17) is 16.3 Å². The second-order valence-corrected chi connectivity index (χ2v) is 7.30. The standard InChI is InChI=1S/C21H19ClN2O3S/c1-27-19-7-5-16(6-8-19)21(26)24(12-15-9-10-28-14-15)13-20(25)23-18-4-2-3-17(22)11-18/h2-11,14H,12-13H2,1H3,(H,23,25). The third-order valence-corrected chi connectivity index (χ3v) is 4.99. The minimum Gasteiger partial charge on any atom is -0.497 e. The van der Waals surface area contributed by atoms with E-state index in [1.807, 2.05) is 16.8 Å². The van der Waals surface area contributed by atoms with Gasteiger partial charge in [-0.25, -0.2) is 0 Å². The summed E-state index contributed by atoms with van der Waals surface area (Å²) >= 11 is 7.51. The first-order chi connectivity index (χ1) is 13.5. The molecule has 1 heterocycles. The summed E-state index contributed by atoms with van der Waals surface area (Å²) in [7, 11) is 1.57. The van der Waals surface area contributed by atoms with Gasteiger partial charge in [0.2, 0.25) is 5.91 Å². The molecule has 2 amide bonds. The number of anilines is 1. The summed E-state index contributed by atoms with van der Waals surface area (Å²) in [6, 6.07) is 15.7. The highest BCUT2D eigenvalue weighted by Gasteiger charge is 2.20. The lowest BCUT2D eigenvalue weighted by Gasteiger charge is -2.22. The minimum atomic E-state index is -0.292. The van der Waals surface area contributed by atoms with Crippen LogP contribution in [0.15, 0.2) is 65.4 Å². The van der Waals surface area contributed by atoms with Gasteiger partial charge in [-0.2, -0.15) is 11.3 Å². The van der Waals surface area contributed by atoms with Crippen LogP contribution in [0.2, 0.25) is 5.02 Å². The van der Waals surface area contributed by atoms with Gasteiger partial charge in [0.25, 0.3) is 5.91 Å². The Kier molecular flexibility index (Phi) is 6.68. The minimum absolute atomic E-state index is 0.0762. The molecule has 28 heavy (non-hydrogen) atoms. The molecule has 0 fully saturated rings. The number of halogens is 1. The van der Waals surface area contributed by atoms with E-state index in [1.165, 1.54) is 4.90 Å². The van der Waals surface area contributed by atoms with Crippen LogP contribution in [0.25, 0.3) is 0 Å². The van der Waals surface area contributed by atoms with Crippen molar-refractivity contribution in [1.82, 2.24) is 4.90 Å². The molecule has 0 aliphatic carbocycles. The first-order valence-corrected chi connectivity index (χ1v) is 9.87. The van der Waals surface area contributed by atoms with E-state index in [0.29, 0.717) is 28.6 Å². The maximum Gasteiger partial charge on any atom is 0.254 e. The van der Waals surface area contributed by atoms with E-state index in [0.717, 1.165) is 5.56 Å². The number of carbonyl (C=O) groups excluding carboxylic acids is 2. The molecule has 0 bridgehead atoms. The van der Waals surface area contributed by atoms with Gasteiger partial charge in [0, 0.05) is 22.8 Å². The molecular formula is C21H19ClN2O3S. The normalized spacial score (nSPS) is 10.4. The van der Waals surface area contributed by atoms with Gasteiger partial charge in [-0.05, 0) is 64.9 Å². The van der Waals surface area contributed by atoms with Gasteiger partial charge < -0.3 is 15.0 Å². The Hall–Kier alpha value is -2.83. The molecule has 2 aromatic carbocycles. The Morgan fingerprint density at radius 3 is 2.57 bits per heavy atom. The summed E-state index contributed by atoms with van der Waals surface area (Å²) in [5.74, 6) is 0.147. The van der Waals surface area contributed by atoms with Crippen LogP contribution in [0.1, 0.15) is 15.9 Å². The van der Waals surface area contributed by atoms with E-state index in [2.05, 4.69) is 5.32 Å². The molecule has 0 saturated heterocycles. The summed E-state index contributed by atoms with van der Waals surface area (Å²) in [6.07, 6.45) is 0. The van der Waals surface area contributed by atoms with Crippen molar-refractivity contribution in [2.24, 2.45) is 0 Å². The van der Waals surface area contributed by atoms with E-state index in [9.17, 15) is 9.59 Å². The predicted octanol–water partition coefficient (Wildman–Crippen LogP) is 4.69. The lowest BCUT2D eigenvalue weighted by Crippen LogP contribution is -2.37. The van der Waals surface area contributed by atoms with Crippen molar-refractivity contribution in [3.63, 3.8) is 0 Å². The van der Waals surface area contributed by atoms with Crippen LogP contribution in [0.3, 0.4) is 0 Å². The second kappa shape index (κ2) is 9.39.